The van der Waals surface area contributed by atoms with Crippen LogP contribution in [0.15, 0.2) is 87.8 Å². The van der Waals surface area contributed by atoms with E-state index in [1.165, 1.54) is 6.07 Å². The number of halogens is 4. The van der Waals surface area contributed by atoms with E-state index in [-0.39, 0.29) is 5.82 Å². The molecule has 4 heteroatoms. The lowest BCUT2D eigenvalue weighted by atomic mass is 9.93. The zero-order chi connectivity index (χ0) is 20.5. The van der Waals surface area contributed by atoms with Gasteiger partial charge in [-0.3, -0.25) is 0 Å². The molecule has 0 aliphatic carbocycles. The predicted molar refractivity (Wildman–Crippen MR) is 128 cm³/mol. The standard InChI is InChI=1S/C25H16Br2ClF/c1-15-10-19(29)14-22(25(15)27)18-12-16(20-6-2-4-8-23(20)26)11-17(13-18)21-7-3-5-9-24(21)28/h2-14H,1H3. The molecule has 0 saturated heterocycles. The van der Waals surface area contributed by atoms with Crippen LogP contribution in [-0.2, 0) is 0 Å². The minimum absolute atomic E-state index is 0.258. The molecule has 0 fully saturated rings. The van der Waals surface area contributed by atoms with E-state index in [4.69, 9.17) is 11.6 Å². The summed E-state index contributed by atoms with van der Waals surface area (Å²) in [6.07, 6.45) is 0. The molecule has 0 atom stereocenters. The van der Waals surface area contributed by atoms with E-state index in [9.17, 15) is 4.39 Å². The van der Waals surface area contributed by atoms with Crippen molar-refractivity contribution >= 4 is 43.5 Å². The van der Waals surface area contributed by atoms with Crippen LogP contribution in [0.5, 0.6) is 0 Å². The number of hydrogen-bond acceptors (Lipinski definition) is 0. The summed E-state index contributed by atoms with van der Waals surface area (Å²) in [5.74, 6) is -0.258. The monoisotopic (exact) mass is 528 g/mol. The molecule has 0 saturated carbocycles. The molecule has 0 aliphatic heterocycles. The van der Waals surface area contributed by atoms with E-state index in [1.54, 1.807) is 6.07 Å². The Hall–Kier alpha value is -1.94. The average molecular weight is 531 g/mol. The van der Waals surface area contributed by atoms with Crippen molar-refractivity contribution in [3.05, 3.63) is 104 Å². The summed E-state index contributed by atoms with van der Waals surface area (Å²) >= 11 is 13.8. The van der Waals surface area contributed by atoms with E-state index in [2.05, 4.69) is 56.1 Å². The van der Waals surface area contributed by atoms with Crippen LogP contribution in [0.25, 0.3) is 33.4 Å². The van der Waals surface area contributed by atoms with Gasteiger partial charge in [0.2, 0.25) is 0 Å². The Morgan fingerprint density at radius 3 is 1.90 bits per heavy atom. The van der Waals surface area contributed by atoms with Gasteiger partial charge in [0.15, 0.2) is 0 Å². The van der Waals surface area contributed by atoms with Crippen LogP contribution in [0.2, 0.25) is 5.02 Å². The summed E-state index contributed by atoms with van der Waals surface area (Å²) in [7, 11) is 0. The second-order valence-corrected chi connectivity index (χ2v) is 8.90. The van der Waals surface area contributed by atoms with Crippen molar-refractivity contribution in [1.29, 1.82) is 0 Å². The molecule has 144 valence electrons. The molecule has 0 N–H and O–H groups in total. The van der Waals surface area contributed by atoms with Gasteiger partial charge in [-0.1, -0.05) is 63.9 Å². The van der Waals surface area contributed by atoms with E-state index >= 15 is 0 Å². The van der Waals surface area contributed by atoms with Crippen molar-refractivity contribution in [2.75, 3.05) is 0 Å². The van der Waals surface area contributed by atoms with Crippen molar-refractivity contribution in [1.82, 2.24) is 0 Å². The van der Waals surface area contributed by atoms with Crippen molar-refractivity contribution in [2.24, 2.45) is 0 Å². The number of hydrogen-bond donors (Lipinski definition) is 0. The second-order valence-electron chi connectivity index (χ2n) is 6.84. The zero-order valence-electron chi connectivity index (χ0n) is 15.5. The van der Waals surface area contributed by atoms with Gasteiger partial charge in [0.1, 0.15) is 5.82 Å². The minimum Gasteiger partial charge on any atom is -0.207 e. The second kappa shape index (κ2) is 8.43. The molecule has 0 bridgehead atoms. The van der Waals surface area contributed by atoms with Gasteiger partial charge < -0.3 is 0 Å². The fourth-order valence-corrected chi connectivity index (χ4v) is 4.64. The molecular formula is C25H16Br2ClF. The van der Waals surface area contributed by atoms with Gasteiger partial charge in [0.25, 0.3) is 0 Å². The third-order valence-electron chi connectivity index (χ3n) is 4.83. The van der Waals surface area contributed by atoms with Gasteiger partial charge in [0.05, 0.1) is 0 Å². The van der Waals surface area contributed by atoms with Crippen LogP contribution >= 0.6 is 43.5 Å². The maximum atomic E-state index is 14.2. The van der Waals surface area contributed by atoms with Gasteiger partial charge in [-0.05, 0) is 98.7 Å². The lowest BCUT2D eigenvalue weighted by molar-refractivity contribution is 0.627. The van der Waals surface area contributed by atoms with Crippen LogP contribution < -0.4 is 0 Å². The lowest BCUT2D eigenvalue weighted by Crippen LogP contribution is -1.91. The van der Waals surface area contributed by atoms with Crippen LogP contribution in [0.4, 0.5) is 4.39 Å². The lowest BCUT2D eigenvalue weighted by Gasteiger charge is -2.15. The topological polar surface area (TPSA) is 0 Å². The largest absolute Gasteiger partial charge is 0.207 e. The first-order valence-corrected chi connectivity index (χ1v) is 11.0. The summed E-state index contributed by atoms with van der Waals surface area (Å²) in [6, 6.07) is 25.2. The van der Waals surface area contributed by atoms with Gasteiger partial charge in [-0.25, -0.2) is 4.39 Å². The molecule has 4 rings (SSSR count). The van der Waals surface area contributed by atoms with Crippen molar-refractivity contribution in [2.45, 2.75) is 6.92 Å². The predicted octanol–water partition coefficient (Wildman–Crippen LogP) is 9.31. The Morgan fingerprint density at radius 2 is 1.24 bits per heavy atom. The van der Waals surface area contributed by atoms with Gasteiger partial charge in [0, 0.05) is 19.5 Å². The van der Waals surface area contributed by atoms with Crippen LogP contribution in [0, 0.1) is 12.7 Å². The summed E-state index contributed by atoms with van der Waals surface area (Å²) in [5, 5.41) is 0.678. The highest BCUT2D eigenvalue weighted by molar-refractivity contribution is 9.11. The highest BCUT2D eigenvalue weighted by atomic mass is 79.9. The maximum absolute atomic E-state index is 14.2. The fraction of sp³-hybridized carbons (Fsp3) is 0.0400. The van der Waals surface area contributed by atoms with E-state index in [0.717, 1.165) is 47.9 Å². The quantitative estimate of drug-likeness (QED) is 0.248. The van der Waals surface area contributed by atoms with Crippen LogP contribution in [-0.4, -0.2) is 0 Å². The number of benzene rings is 4. The first kappa shape index (κ1) is 20.3. The molecule has 4 aromatic rings. The molecule has 0 nitrogen and oxygen atoms in total. The smallest absolute Gasteiger partial charge is 0.124 e. The van der Waals surface area contributed by atoms with Gasteiger partial charge >= 0.3 is 0 Å². The number of rotatable bonds is 3. The summed E-state index contributed by atoms with van der Waals surface area (Å²) in [5.41, 5.74) is 6.59. The molecule has 0 aromatic heterocycles. The molecule has 4 aromatic carbocycles. The molecule has 0 amide bonds. The molecule has 0 aliphatic rings. The van der Waals surface area contributed by atoms with Crippen molar-refractivity contribution in [3.8, 4) is 33.4 Å². The molecule has 0 unspecified atom stereocenters. The highest BCUT2D eigenvalue weighted by Crippen LogP contribution is 2.40. The SMILES string of the molecule is Cc1cc(F)cc(-c2cc(-c3ccccc3Cl)cc(-c3ccccc3Br)c2)c1Br. The Balaban J connectivity index is 2.02. The summed E-state index contributed by atoms with van der Waals surface area (Å²) in [4.78, 5) is 0. The Morgan fingerprint density at radius 1 is 0.690 bits per heavy atom. The zero-order valence-corrected chi connectivity index (χ0v) is 19.4. The molecular weight excluding hydrogens is 515 g/mol. The van der Waals surface area contributed by atoms with Gasteiger partial charge in [-0.15, -0.1) is 0 Å². The first-order chi connectivity index (χ1) is 13.9. The number of aryl methyl sites for hydroxylation is 1. The van der Waals surface area contributed by atoms with Crippen LogP contribution in [0.3, 0.4) is 0 Å². The van der Waals surface area contributed by atoms with Crippen molar-refractivity contribution in [3.63, 3.8) is 0 Å². The van der Waals surface area contributed by atoms with Gasteiger partial charge in [-0.2, -0.15) is 0 Å². The Kier molecular flexibility index (Phi) is 5.91. The summed E-state index contributed by atoms with van der Waals surface area (Å²) < 4.78 is 16.1. The highest BCUT2D eigenvalue weighted by Gasteiger charge is 2.14. The average Bonchev–Trinajstić information content (AvgIpc) is 2.71. The van der Waals surface area contributed by atoms with E-state index < -0.39 is 0 Å². The third kappa shape index (κ3) is 4.18. The molecule has 0 radical (unpaired) electrons. The first-order valence-electron chi connectivity index (χ1n) is 9.05. The van der Waals surface area contributed by atoms with E-state index in [0.29, 0.717) is 5.02 Å². The molecule has 29 heavy (non-hydrogen) atoms. The fourth-order valence-electron chi connectivity index (χ4n) is 3.42. The normalized spacial score (nSPS) is 10.9. The Bertz CT molecular complexity index is 1150. The molecule has 0 spiro atoms. The van der Waals surface area contributed by atoms with E-state index in [1.807, 2.05) is 49.4 Å². The summed E-state index contributed by atoms with van der Waals surface area (Å²) in [6.45, 7) is 1.89. The maximum Gasteiger partial charge on any atom is 0.124 e. The van der Waals surface area contributed by atoms with Crippen LogP contribution in [0.1, 0.15) is 5.56 Å². The Labute approximate surface area is 191 Å². The third-order valence-corrected chi connectivity index (χ3v) is 6.91. The minimum atomic E-state index is -0.258. The molecule has 0 heterocycles. The van der Waals surface area contributed by atoms with Crippen molar-refractivity contribution < 1.29 is 4.39 Å².